The average Bonchev–Trinajstić information content (AvgIpc) is 2.45. The summed E-state index contributed by atoms with van der Waals surface area (Å²) in [6.45, 7) is 7.08. The van der Waals surface area contributed by atoms with E-state index in [1.807, 2.05) is 45.0 Å². The van der Waals surface area contributed by atoms with Crippen molar-refractivity contribution >= 4 is 17.6 Å². The van der Waals surface area contributed by atoms with Gasteiger partial charge < -0.3 is 21.2 Å². The first-order valence-corrected chi connectivity index (χ1v) is 7.01. The summed E-state index contributed by atoms with van der Waals surface area (Å²) in [6, 6.07) is 7.44. The maximum Gasteiger partial charge on any atom is 0.321 e. The number of oxime groups is 1. The molecule has 2 amide bonds. The van der Waals surface area contributed by atoms with Crippen LogP contribution in [0.5, 0.6) is 0 Å². The smallest absolute Gasteiger partial charge is 0.321 e. The molecule has 1 rings (SSSR count). The van der Waals surface area contributed by atoms with E-state index in [2.05, 4.69) is 10.5 Å². The minimum atomic E-state index is -0.182. The molecule has 0 unspecified atom stereocenters. The highest BCUT2D eigenvalue weighted by Crippen LogP contribution is 2.10. The van der Waals surface area contributed by atoms with E-state index in [4.69, 9.17) is 10.9 Å². The minimum absolute atomic E-state index is 0.117. The number of benzene rings is 1. The average molecular weight is 292 g/mol. The maximum absolute atomic E-state index is 12.3. The molecule has 0 aromatic heterocycles. The van der Waals surface area contributed by atoms with Crippen LogP contribution in [0.15, 0.2) is 29.4 Å². The molecule has 0 heterocycles. The van der Waals surface area contributed by atoms with Crippen molar-refractivity contribution in [2.45, 2.75) is 27.2 Å². The maximum atomic E-state index is 12.3. The van der Waals surface area contributed by atoms with Gasteiger partial charge in [-0.15, -0.1) is 0 Å². The molecule has 0 bridgehead atoms. The second-order valence-corrected chi connectivity index (χ2v) is 5.48. The van der Waals surface area contributed by atoms with Gasteiger partial charge in [-0.3, -0.25) is 0 Å². The van der Waals surface area contributed by atoms with Crippen molar-refractivity contribution in [1.82, 2.24) is 4.90 Å². The molecule has 1 aromatic rings. The number of aryl methyl sites for hydroxylation is 1. The Kier molecular flexibility index (Phi) is 6.52. The number of hydrogen-bond donors (Lipinski definition) is 3. The predicted octanol–water partition coefficient (Wildman–Crippen LogP) is 2.62. The largest absolute Gasteiger partial charge is 0.409 e. The second kappa shape index (κ2) is 8.14. The van der Waals surface area contributed by atoms with Crippen LogP contribution in [0.2, 0.25) is 0 Å². The number of amides is 2. The fourth-order valence-corrected chi connectivity index (χ4v) is 1.86. The van der Waals surface area contributed by atoms with Gasteiger partial charge in [-0.25, -0.2) is 4.79 Å². The molecule has 21 heavy (non-hydrogen) atoms. The molecule has 0 aliphatic rings. The highest BCUT2D eigenvalue weighted by atomic mass is 16.4. The molecular weight excluding hydrogens is 268 g/mol. The summed E-state index contributed by atoms with van der Waals surface area (Å²) in [6.07, 6.45) is 0.338. The first-order chi connectivity index (χ1) is 9.92. The van der Waals surface area contributed by atoms with Crippen LogP contribution in [-0.4, -0.2) is 35.1 Å². The van der Waals surface area contributed by atoms with Gasteiger partial charge >= 0.3 is 6.03 Å². The van der Waals surface area contributed by atoms with Crippen molar-refractivity contribution in [3.05, 3.63) is 29.8 Å². The standard InChI is InChI=1S/C15H24N4O2/c1-11(2)10-19(9-8-14(16)18-21)15(20)17-13-6-4-12(3)5-7-13/h4-7,11,21H,8-10H2,1-3H3,(H2,16,18)(H,17,20). The summed E-state index contributed by atoms with van der Waals surface area (Å²) < 4.78 is 0. The monoisotopic (exact) mass is 292 g/mol. The fourth-order valence-electron chi connectivity index (χ4n) is 1.86. The zero-order valence-corrected chi connectivity index (χ0v) is 12.8. The third-order valence-corrected chi connectivity index (χ3v) is 2.94. The Bertz CT molecular complexity index is 483. The first-order valence-electron chi connectivity index (χ1n) is 7.01. The zero-order valence-electron chi connectivity index (χ0n) is 12.8. The van der Waals surface area contributed by atoms with Gasteiger partial charge in [0.15, 0.2) is 0 Å². The lowest BCUT2D eigenvalue weighted by Crippen LogP contribution is -2.39. The summed E-state index contributed by atoms with van der Waals surface area (Å²) in [7, 11) is 0. The number of amidine groups is 1. The van der Waals surface area contributed by atoms with Crippen molar-refractivity contribution in [3.8, 4) is 0 Å². The van der Waals surface area contributed by atoms with Crippen LogP contribution >= 0.6 is 0 Å². The number of carbonyl (C=O) groups is 1. The van der Waals surface area contributed by atoms with Crippen LogP contribution in [-0.2, 0) is 0 Å². The Hall–Kier alpha value is -2.24. The van der Waals surface area contributed by atoms with E-state index in [1.165, 1.54) is 0 Å². The molecular formula is C15H24N4O2. The molecule has 0 atom stereocenters. The minimum Gasteiger partial charge on any atom is -0.409 e. The number of hydrogen-bond acceptors (Lipinski definition) is 3. The van der Waals surface area contributed by atoms with E-state index >= 15 is 0 Å². The first kappa shape index (κ1) is 16.8. The normalized spacial score (nSPS) is 11.5. The van der Waals surface area contributed by atoms with Gasteiger partial charge in [0.2, 0.25) is 0 Å². The molecule has 1 aromatic carbocycles. The summed E-state index contributed by atoms with van der Waals surface area (Å²) in [5, 5.41) is 14.4. The van der Waals surface area contributed by atoms with Crippen LogP contribution in [0.4, 0.5) is 10.5 Å². The number of anilines is 1. The van der Waals surface area contributed by atoms with E-state index in [0.29, 0.717) is 25.4 Å². The quantitative estimate of drug-likeness (QED) is 0.326. The van der Waals surface area contributed by atoms with E-state index < -0.39 is 0 Å². The number of nitrogens with zero attached hydrogens (tertiary/aromatic N) is 2. The van der Waals surface area contributed by atoms with Crippen molar-refractivity contribution in [3.63, 3.8) is 0 Å². The summed E-state index contributed by atoms with van der Waals surface area (Å²) in [5.41, 5.74) is 7.35. The lowest BCUT2D eigenvalue weighted by Gasteiger charge is -2.24. The van der Waals surface area contributed by atoms with Gasteiger partial charge in [0.25, 0.3) is 0 Å². The van der Waals surface area contributed by atoms with Gasteiger partial charge in [-0.2, -0.15) is 0 Å². The Morgan fingerprint density at radius 2 is 2.00 bits per heavy atom. The Balaban J connectivity index is 2.67. The van der Waals surface area contributed by atoms with Crippen LogP contribution in [0, 0.1) is 12.8 Å². The van der Waals surface area contributed by atoms with Crippen molar-refractivity contribution < 1.29 is 10.0 Å². The van der Waals surface area contributed by atoms with Gasteiger partial charge in [-0.1, -0.05) is 36.7 Å². The van der Waals surface area contributed by atoms with E-state index in [-0.39, 0.29) is 11.9 Å². The molecule has 0 saturated carbocycles. The van der Waals surface area contributed by atoms with E-state index in [1.54, 1.807) is 4.90 Å². The molecule has 4 N–H and O–H groups in total. The van der Waals surface area contributed by atoms with Gasteiger partial charge in [0, 0.05) is 25.2 Å². The second-order valence-electron chi connectivity index (χ2n) is 5.48. The number of urea groups is 1. The van der Waals surface area contributed by atoms with Crippen LogP contribution in [0.1, 0.15) is 25.8 Å². The molecule has 6 nitrogen and oxygen atoms in total. The van der Waals surface area contributed by atoms with Crippen LogP contribution < -0.4 is 11.1 Å². The van der Waals surface area contributed by atoms with Gasteiger partial charge in [0.1, 0.15) is 5.84 Å². The molecule has 0 aliphatic heterocycles. The molecule has 0 aliphatic carbocycles. The number of nitrogens with one attached hydrogen (secondary N) is 1. The number of carbonyl (C=O) groups excluding carboxylic acids is 1. The Morgan fingerprint density at radius 3 is 2.52 bits per heavy atom. The van der Waals surface area contributed by atoms with Crippen LogP contribution in [0.3, 0.4) is 0 Å². The molecule has 0 saturated heterocycles. The molecule has 0 fully saturated rings. The molecule has 116 valence electrons. The van der Waals surface area contributed by atoms with E-state index in [9.17, 15) is 4.79 Å². The molecule has 0 radical (unpaired) electrons. The Labute approximate surface area is 125 Å². The lowest BCUT2D eigenvalue weighted by atomic mass is 10.2. The van der Waals surface area contributed by atoms with E-state index in [0.717, 1.165) is 11.3 Å². The summed E-state index contributed by atoms with van der Waals surface area (Å²) >= 11 is 0. The van der Waals surface area contributed by atoms with Gasteiger partial charge in [-0.05, 0) is 25.0 Å². The fraction of sp³-hybridized carbons (Fsp3) is 0.467. The lowest BCUT2D eigenvalue weighted by molar-refractivity contribution is 0.206. The van der Waals surface area contributed by atoms with Gasteiger partial charge in [0.05, 0.1) is 0 Å². The number of rotatable bonds is 6. The zero-order chi connectivity index (χ0) is 15.8. The molecule has 0 spiro atoms. The van der Waals surface area contributed by atoms with Crippen molar-refractivity contribution in [1.29, 1.82) is 0 Å². The van der Waals surface area contributed by atoms with Crippen LogP contribution in [0.25, 0.3) is 0 Å². The van der Waals surface area contributed by atoms with Crippen molar-refractivity contribution in [2.24, 2.45) is 16.8 Å². The number of nitrogens with two attached hydrogens (primary N) is 1. The Morgan fingerprint density at radius 1 is 1.38 bits per heavy atom. The predicted molar refractivity (Wildman–Crippen MR) is 84.6 cm³/mol. The highest BCUT2D eigenvalue weighted by Gasteiger charge is 2.15. The third kappa shape index (κ3) is 6.16. The SMILES string of the molecule is Cc1ccc(NC(=O)N(CCC(N)=NO)CC(C)C)cc1. The third-order valence-electron chi connectivity index (χ3n) is 2.94. The highest BCUT2D eigenvalue weighted by molar-refractivity contribution is 5.89. The molecule has 6 heteroatoms. The van der Waals surface area contributed by atoms with Crippen molar-refractivity contribution in [2.75, 3.05) is 18.4 Å². The topological polar surface area (TPSA) is 91.0 Å². The summed E-state index contributed by atoms with van der Waals surface area (Å²) in [5.74, 6) is 0.452. The summed E-state index contributed by atoms with van der Waals surface area (Å²) in [4.78, 5) is 14.0.